The van der Waals surface area contributed by atoms with Crippen LogP contribution in [0, 0.1) is 11.8 Å². The Morgan fingerprint density at radius 3 is 2.86 bits per heavy atom. The molecule has 3 rings (SSSR count). The molecule has 2 aliphatic rings. The lowest BCUT2D eigenvalue weighted by Crippen LogP contribution is -2.33. The van der Waals surface area contributed by atoms with Gasteiger partial charge < -0.3 is 10.4 Å². The van der Waals surface area contributed by atoms with Crippen LogP contribution in [-0.2, 0) is 17.6 Å². The van der Waals surface area contributed by atoms with E-state index in [9.17, 15) is 14.7 Å². The number of nitrogens with one attached hydrogen (secondary N) is 1. The van der Waals surface area contributed by atoms with E-state index in [-0.39, 0.29) is 17.7 Å². The molecule has 1 aromatic rings. The first-order valence-electron chi connectivity index (χ1n) is 7.77. The lowest BCUT2D eigenvalue weighted by atomic mass is 9.94. The molecule has 0 aliphatic heterocycles. The summed E-state index contributed by atoms with van der Waals surface area (Å²) in [5, 5.41) is 14.1. The quantitative estimate of drug-likeness (QED) is 0.899. The van der Waals surface area contributed by atoms with Crippen LogP contribution in [0.5, 0.6) is 0 Å². The number of carbonyl (C=O) groups excluding carboxylic acids is 1. The zero-order chi connectivity index (χ0) is 14.8. The summed E-state index contributed by atoms with van der Waals surface area (Å²) in [4.78, 5) is 24.9. The Labute approximate surface area is 128 Å². The summed E-state index contributed by atoms with van der Waals surface area (Å²) in [6, 6.07) is 0. The normalized spacial score (nSPS) is 24.6. The molecular weight excluding hydrogens is 286 g/mol. The molecular formula is C16H21NO3S. The fraction of sp³-hybridized carbons (Fsp3) is 0.625. The number of rotatable bonds is 4. The van der Waals surface area contributed by atoms with Crippen molar-refractivity contribution in [2.45, 2.75) is 44.9 Å². The van der Waals surface area contributed by atoms with Crippen molar-refractivity contribution in [2.24, 2.45) is 11.8 Å². The van der Waals surface area contributed by atoms with Gasteiger partial charge in [0.05, 0.1) is 11.5 Å². The van der Waals surface area contributed by atoms with Crippen LogP contribution in [0.2, 0.25) is 0 Å². The summed E-state index contributed by atoms with van der Waals surface area (Å²) in [7, 11) is 0. The van der Waals surface area contributed by atoms with Gasteiger partial charge in [-0.1, -0.05) is 6.42 Å². The van der Waals surface area contributed by atoms with Crippen molar-refractivity contribution in [3.63, 3.8) is 0 Å². The standard InChI is InChI=1S/C16H21NO3S/c18-15(13-9-21-14-7-2-1-5-12(13)14)17-8-10-4-3-6-11(10)16(19)20/h9-11H,1-8H2,(H,17,18)(H,19,20). The van der Waals surface area contributed by atoms with E-state index in [0.717, 1.165) is 44.1 Å². The molecule has 1 saturated carbocycles. The molecule has 114 valence electrons. The molecule has 2 N–H and O–H groups in total. The van der Waals surface area contributed by atoms with Crippen molar-refractivity contribution in [1.29, 1.82) is 0 Å². The smallest absolute Gasteiger partial charge is 0.306 e. The van der Waals surface area contributed by atoms with Gasteiger partial charge in [-0.2, -0.15) is 0 Å². The third-order valence-electron chi connectivity index (χ3n) is 4.81. The van der Waals surface area contributed by atoms with Gasteiger partial charge in [0.25, 0.3) is 5.91 Å². The highest BCUT2D eigenvalue weighted by Gasteiger charge is 2.33. The van der Waals surface area contributed by atoms with E-state index in [4.69, 9.17) is 0 Å². The highest BCUT2D eigenvalue weighted by atomic mass is 32.1. The Kier molecular flexibility index (Phi) is 4.29. The molecule has 0 saturated heterocycles. The van der Waals surface area contributed by atoms with E-state index in [1.165, 1.54) is 16.9 Å². The number of hydrogen-bond donors (Lipinski definition) is 2. The lowest BCUT2D eigenvalue weighted by Gasteiger charge is -2.17. The van der Waals surface area contributed by atoms with E-state index in [1.807, 2.05) is 5.38 Å². The molecule has 21 heavy (non-hydrogen) atoms. The maximum absolute atomic E-state index is 12.4. The first-order valence-corrected chi connectivity index (χ1v) is 8.65. The monoisotopic (exact) mass is 307 g/mol. The number of aryl methyl sites for hydroxylation is 1. The molecule has 2 aliphatic carbocycles. The van der Waals surface area contributed by atoms with Crippen molar-refractivity contribution < 1.29 is 14.7 Å². The van der Waals surface area contributed by atoms with Crippen LogP contribution in [0.25, 0.3) is 0 Å². The maximum Gasteiger partial charge on any atom is 0.306 e. The van der Waals surface area contributed by atoms with E-state index < -0.39 is 5.97 Å². The van der Waals surface area contributed by atoms with Gasteiger partial charge in [0, 0.05) is 16.8 Å². The predicted octanol–water partition coefficient (Wildman–Crippen LogP) is 2.86. The molecule has 1 fully saturated rings. The summed E-state index contributed by atoms with van der Waals surface area (Å²) in [6.07, 6.45) is 7.07. The summed E-state index contributed by atoms with van der Waals surface area (Å²) < 4.78 is 0. The second-order valence-electron chi connectivity index (χ2n) is 6.10. The molecule has 0 aromatic carbocycles. The number of aliphatic carboxylic acids is 1. The Bertz CT molecular complexity index is 552. The third-order valence-corrected chi connectivity index (χ3v) is 5.90. The van der Waals surface area contributed by atoms with Crippen LogP contribution < -0.4 is 5.32 Å². The first-order chi connectivity index (χ1) is 10.2. The van der Waals surface area contributed by atoms with Crippen molar-refractivity contribution in [3.05, 3.63) is 21.4 Å². The molecule has 2 atom stereocenters. The molecule has 0 radical (unpaired) electrons. The zero-order valence-electron chi connectivity index (χ0n) is 12.1. The molecule has 0 spiro atoms. The predicted molar refractivity (Wildman–Crippen MR) is 81.8 cm³/mol. The highest BCUT2D eigenvalue weighted by Crippen LogP contribution is 2.32. The average Bonchev–Trinajstić information content (AvgIpc) is 3.11. The van der Waals surface area contributed by atoms with Crippen LogP contribution in [0.3, 0.4) is 0 Å². The molecule has 1 amide bonds. The molecule has 1 aromatic heterocycles. The first kappa shape index (κ1) is 14.6. The van der Waals surface area contributed by atoms with Crippen LogP contribution in [0.15, 0.2) is 5.38 Å². The molecule has 4 nitrogen and oxygen atoms in total. The summed E-state index contributed by atoms with van der Waals surface area (Å²) in [5.41, 5.74) is 2.05. The van der Waals surface area contributed by atoms with Gasteiger partial charge in [-0.3, -0.25) is 9.59 Å². The van der Waals surface area contributed by atoms with E-state index in [1.54, 1.807) is 11.3 Å². The Morgan fingerprint density at radius 1 is 1.24 bits per heavy atom. The fourth-order valence-corrected chi connectivity index (χ4v) is 4.74. The molecule has 2 unspecified atom stereocenters. The summed E-state index contributed by atoms with van der Waals surface area (Å²) >= 11 is 1.69. The molecule has 1 heterocycles. The van der Waals surface area contributed by atoms with Crippen LogP contribution in [0.4, 0.5) is 0 Å². The van der Waals surface area contributed by atoms with Gasteiger partial charge in [0.15, 0.2) is 0 Å². The number of fused-ring (bicyclic) bond motifs is 1. The Balaban J connectivity index is 1.62. The summed E-state index contributed by atoms with van der Waals surface area (Å²) in [6.45, 7) is 0.487. The van der Waals surface area contributed by atoms with Gasteiger partial charge >= 0.3 is 5.97 Å². The van der Waals surface area contributed by atoms with E-state index in [2.05, 4.69) is 5.32 Å². The van der Waals surface area contributed by atoms with Gasteiger partial charge in [-0.05, 0) is 50.0 Å². The minimum atomic E-state index is -0.723. The number of thiophene rings is 1. The SMILES string of the molecule is O=C(NCC1CCCC1C(=O)O)c1csc2c1CCCC2. The fourth-order valence-electron chi connectivity index (χ4n) is 3.61. The van der Waals surface area contributed by atoms with Crippen molar-refractivity contribution >= 4 is 23.2 Å². The largest absolute Gasteiger partial charge is 0.481 e. The minimum absolute atomic E-state index is 0.0227. The minimum Gasteiger partial charge on any atom is -0.481 e. The van der Waals surface area contributed by atoms with Gasteiger partial charge in [0.1, 0.15) is 0 Å². The second kappa shape index (κ2) is 6.18. The number of carboxylic acid groups (broad SMARTS) is 1. The number of hydrogen-bond acceptors (Lipinski definition) is 3. The van der Waals surface area contributed by atoms with Crippen molar-refractivity contribution in [1.82, 2.24) is 5.32 Å². The number of carboxylic acids is 1. The second-order valence-corrected chi connectivity index (χ2v) is 7.07. The topological polar surface area (TPSA) is 66.4 Å². The number of amides is 1. The maximum atomic E-state index is 12.4. The van der Waals surface area contributed by atoms with Crippen LogP contribution >= 0.6 is 11.3 Å². The zero-order valence-corrected chi connectivity index (χ0v) is 12.9. The third kappa shape index (κ3) is 2.98. The Morgan fingerprint density at radius 2 is 2.05 bits per heavy atom. The summed E-state index contributed by atoms with van der Waals surface area (Å²) in [5.74, 6) is -0.951. The Hall–Kier alpha value is -1.36. The van der Waals surface area contributed by atoms with Crippen molar-refractivity contribution in [2.75, 3.05) is 6.54 Å². The molecule has 0 bridgehead atoms. The number of carbonyl (C=O) groups is 2. The van der Waals surface area contributed by atoms with Gasteiger partial charge in [-0.25, -0.2) is 0 Å². The van der Waals surface area contributed by atoms with Crippen molar-refractivity contribution in [3.8, 4) is 0 Å². The van der Waals surface area contributed by atoms with E-state index in [0.29, 0.717) is 6.54 Å². The van der Waals surface area contributed by atoms with Gasteiger partial charge in [-0.15, -0.1) is 11.3 Å². The molecule has 5 heteroatoms. The van der Waals surface area contributed by atoms with Gasteiger partial charge in [0.2, 0.25) is 0 Å². The van der Waals surface area contributed by atoms with Crippen LogP contribution in [-0.4, -0.2) is 23.5 Å². The van der Waals surface area contributed by atoms with Crippen LogP contribution in [0.1, 0.15) is 52.9 Å². The van der Waals surface area contributed by atoms with E-state index >= 15 is 0 Å². The lowest BCUT2D eigenvalue weighted by molar-refractivity contribution is -0.142. The average molecular weight is 307 g/mol. The highest BCUT2D eigenvalue weighted by molar-refractivity contribution is 7.10.